The molecule has 1 aliphatic rings. The molecule has 2 aromatic carbocycles. The van der Waals surface area contributed by atoms with Crippen LogP contribution in [0.15, 0.2) is 53.0 Å². The molecule has 2 unspecified atom stereocenters. The highest BCUT2D eigenvalue weighted by molar-refractivity contribution is 9.10. The molecule has 0 aromatic heterocycles. The number of amides is 2. The third-order valence-electron chi connectivity index (χ3n) is 5.89. The van der Waals surface area contributed by atoms with Crippen molar-refractivity contribution in [1.29, 1.82) is 0 Å². The van der Waals surface area contributed by atoms with Crippen LogP contribution in [0.25, 0.3) is 0 Å². The Bertz CT molecular complexity index is 812. The summed E-state index contributed by atoms with van der Waals surface area (Å²) in [6.45, 7) is 2.70. The molecule has 2 aromatic rings. The van der Waals surface area contributed by atoms with Gasteiger partial charge < -0.3 is 14.9 Å². The van der Waals surface area contributed by atoms with Gasteiger partial charge in [0.2, 0.25) is 0 Å². The number of benzene rings is 2. The predicted molar refractivity (Wildman–Crippen MR) is 111 cm³/mol. The molecular weight excluding hydrogens is 423 g/mol. The Labute approximate surface area is 174 Å². The van der Waals surface area contributed by atoms with E-state index in [1.165, 1.54) is 12.1 Å². The van der Waals surface area contributed by atoms with Gasteiger partial charge in [-0.05, 0) is 61.6 Å². The third kappa shape index (κ3) is 3.94. The molecule has 6 heteroatoms. The second-order valence-corrected chi connectivity index (χ2v) is 8.29. The van der Waals surface area contributed by atoms with E-state index >= 15 is 0 Å². The second-order valence-electron chi connectivity index (χ2n) is 7.38. The summed E-state index contributed by atoms with van der Waals surface area (Å²) in [4.78, 5) is 17.0. The minimum atomic E-state index is -0.538. The van der Waals surface area contributed by atoms with Crippen LogP contribution >= 0.6 is 15.9 Å². The van der Waals surface area contributed by atoms with E-state index in [0.717, 1.165) is 22.0 Å². The van der Waals surface area contributed by atoms with Crippen molar-refractivity contribution in [2.24, 2.45) is 0 Å². The summed E-state index contributed by atoms with van der Waals surface area (Å²) < 4.78 is 14.5. The molecular formula is C22H26BrFN2O2. The minimum absolute atomic E-state index is 0.0490. The summed E-state index contributed by atoms with van der Waals surface area (Å²) in [5, 5.41) is 9.39. The first-order chi connectivity index (χ1) is 13.4. The summed E-state index contributed by atoms with van der Waals surface area (Å²) in [7, 11) is 1.81. The van der Waals surface area contributed by atoms with E-state index in [0.29, 0.717) is 19.4 Å². The lowest BCUT2D eigenvalue weighted by Gasteiger charge is -2.50. The number of halogens is 2. The van der Waals surface area contributed by atoms with Crippen LogP contribution in [0.1, 0.15) is 43.4 Å². The molecule has 0 radical (unpaired) electrons. The molecule has 2 atom stereocenters. The van der Waals surface area contributed by atoms with Gasteiger partial charge in [-0.1, -0.05) is 40.2 Å². The van der Waals surface area contributed by atoms with Crippen molar-refractivity contribution in [3.8, 4) is 0 Å². The zero-order chi connectivity index (χ0) is 20.3. The first-order valence-electron chi connectivity index (χ1n) is 9.56. The first kappa shape index (κ1) is 20.8. The van der Waals surface area contributed by atoms with E-state index in [1.807, 2.05) is 43.1 Å². The highest BCUT2D eigenvalue weighted by Crippen LogP contribution is 2.41. The number of hydrogen-bond donors (Lipinski definition) is 1. The van der Waals surface area contributed by atoms with Gasteiger partial charge in [0, 0.05) is 24.7 Å². The normalized spacial score (nSPS) is 21.1. The number of aliphatic hydroxyl groups excluding tert-OH is 1. The van der Waals surface area contributed by atoms with E-state index in [4.69, 9.17) is 0 Å². The molecule has 0 saturated carbocycles. The van der Waals surface area contributed by atoms with E-state index in [9.17, 15) is 14.3 Å². The Kier molecular flexibility index (Phi) is 6.40. The molecule has 0 aliphatic carbocycles. The van der Waals surface area contributed by atoms with Gasteiger partial charge in [-0.25, -0.2) is 9.18 Å². The number of aliphatic hydroxyl groups is 1. The summed E-state index contributed by atoms with van der Waals surface area (Å²) in [6.07, 6.45) is 1.94. The van der Waals surface area contributed by atoms with E-state index in [-0.39, 0.29) is 24.5 Å². The van der Waals surface area contributed by atoms with E-state index < -0.39 is 5.54 Å². The number of hydrogen-bond acceptors (Lipinski definition) is 2. The number of carbonyl (C=O) groups excluding carboxylic acids is 1. The maximum atomic E-state index is 13.5. The minimum Gasteiger partial charge on any atom is -0.396 e. The molecule has 0 spiro atoms. The van der Waals surface area contributed by atoms with Crippen LogP contribution < -0.4 is 0 Å². The van der Waals surface area contributed by atoms with Crippen molar-refractivity contribution >= 4 is 22.0 Å². The summed E-state index contributed by atoms with van der Waals surface area (Å²) >= 11 is 3.45. The monoisotopic (exact) mass is 448 g/mol. The van der Waals surface area contributed by atoms with Crippen LogP contribution in [-0.2, 0) is 5.54 Å². The van der Waals surface area contributed by atoms with Gasteiger partial charge in [0.15, 0.2) is 0 Å². The van der Waals surface area contributed by atoms with Crippen LogP contribution in [0.5, 0.6) is 0 Å². The molecule has 1 heterocycles. The van der Waals surface area contributed by atoms with Crippen molar-refractivity contribution in [2.45, 2.75) is 37.8 Å². The predicted octanol–water partition coefficient (Wildman–Crippen LogP) is 5.07. The van der Waals surface area contributed by atoms with Crippen molar-refractivity contribution in [1.82, 2.24) is 9.80 Å². The SMILES string of the molecule is CC(c1ccc(Br)cc1)N1CCC(CCCO)(c2ccc(F)cc2)N(C)C1=O. The van der Waals surface area contributed by atoms with Gasteiger partial charge >= 0.3 is 6.03 Å². The third-order valence-corrected chi connectivity index (χ3v) is 6.42. The highest BCUT2D eigenvalue weighted by atomic mass is 79.9. The molecule has 1 N–H and O–H groups in total. The number of urea groups is 1. The van der Waals surface area contributed by atoms with Gasteiger partial charge in [0.25, 0.3) is 0 Å². The molecule has 150 valence electrons. The number of nitrogens with zero attached hydrogens (tertiary/aromatic N) is 2. The average Bonchev–Trinajstić information content (AvgIpc) is 2.70. The zero-order valence-electron chi connectivity index (χ0n) is 16.2. The Balaban J connectivity index is 1.89. The fraction of sp³-hybridized carbons (Fsp3) is 0.409. The molecule has 3 rings (SSSR count). The van der Waals surface area contributed by atoms with Crippen molar-refractivity contribution in [3.05, 3.63) is 69.9 Å². The maximum absolute atomic E-state index is 13.5. The quantitative estimate of drug-likeness (QED) is 0.669. The fourth-order valence-corrected chi connectivity index (χ4v) is 4.40. The molecule has 1 fully saturated rings. The Morgan fingerprint density at radius 2 is 1.82 bits per heavy atom. The standard InChI is InChI=1S/C22H26BrFN2O2/c1-16(17-4-8-19(23)9-5-17)26-14-13-22(12-3-15-27,25(2)21(26)28)18-6-10-20(24)11-7-18/h4-11,16,27H,3,12-15H2,1-2H3. The smallest absolute Gasteiger partial charge is 0.320 e. The van der Waals surface area contributed by atoms with Crippen LogP contribution in [0.3, 0.4) is 0 Å². The average molecular weight is 449 g/mol. The summed E-state index contributed by atoms with van der Waals surface area (Å²) in [6, 6.07) is 14.3. The van der Waals surface area contributed by atoms with E-state index in [2.05, 4.69) is 15.9 Å². The summed E-state index contributed by atoms with van der Waals surface area (Å²) in [5.74, 6) is -0.295. The van der Waals surface area contributed by atoms with Crippen molar-refractivity contribution < 1.29 is 14.3 Å². The molecule has 1 saturated heterocycles. The zero-order valence-corrected chi connectivity index (χ0v) is 17.8. The van der Waals surface area contributed by atoms with Crippen molar-refractivity contribution in [3.63, 3.8) is 0 Å². The highest BCUT2D eigenvalue weighted by Gasteiger charge is 2.45. The largest absolute Gasteiger partial charge is 0.396 e. The Morgan fingerprint density at radius 3 is 2.43 bits per heavy atom. The van der Waals surface area contributed by atoms with Crippen molar-refractivity contribution in [2.75, 3.05) is 20.2 Å². The molecule has 1 aliphatic heterocycles. The van der Waals surface area contributed by atoms with Crippen LogP contribution in [0.2, 0.25) is 0 Å². The lowest BCUT2D eigenvalue weighted by Crippen LogP contribution is -2.59. The molecule has 28 heavy (non-hydrogen) atoms. The topological polar surface area (TPSA) is 43.8 Å². The number of rotatable bonds is 6. The lowest BCUT2D eigenvalue weighted by molar-refractivity contribution is 0.0321. The van der Waals surface area contributed by atoms with Crippen LogP contribution in [0.4, 0.5) is 9.18 Å². The Morgan fingerprint density at radius 1 is 1.18 bits per heavy atom. The van der Waals surface area contributed by atoms with Gasteiger partial charge in [0.1, 0.15) is 5.82 Å². The first-order valence-corrected chi connectivity index (χ1v) is 10.3. The molecule has 2 amide bonds. The summed E-state index contributed by atoms with van der Waals surface area (Å²) in [5.41, 5.74) is 1.45. The Hall–Kier alpha value is -1.92. The maximum Gasteiger partial charge on any atom is 0.320 e. The second kappa shape index (κ2) is 8.62. The van der Waals surface area contributed by atoms with Gasteiger partial charge in [0.05, 0.1) is 11.6 Å². The van der Waals surface area contributed by atoms with Crippen LogP contribution in [0, 0.1) is 5.82 Å². The molecule has 4 nitrogen and oxygen atoms in total. The molecule has 0 bridgehead atoms. The van der Waals surface area contributed by atoms with Gasteiger partial charge in [-0.2, -0.15) is 0 Å². The fourth-order valence-electron chi connectivity index (χ4n) is 4.13. The number of carbonyl (C=O) groups is 1. The van der Waals surface area contributed by atoms with Gasteiger partial charge in [-0.15, -0.1) is 0 Å². The van der Waals surface area contributed by atoms with E-state index in [1.54, 1.807) is 17.0 Å². The van der Waals surface area contributed by atoms with Crippen LogP contribution in [-0.4, -0.2) is 41.1 Å². The van der Waals surface area contributed by atoms with Gasteiger partial charge in [-0.3, -0.25) is 0 Å². The lowest BCUT2D eigenvalue weighted by atomic mass is 9.79.